The molecule has 3 aromatic carbocycles. The molecule has 35 heavy (non-hydrogen) atoms. The van der Waals surface area contributed by atoms with Crippen molar-refractivity contribution in [1.82, 2.24) is 15.1 Å². The molecule has 0 radical (unpaired) electrons. The molecule has 0 aliphatic rings. The summed E-state index contributed by atoms with van der Waals surface area (Å²) in [6.45, 7) is 1.44. The number of carbonyl (C=O) groups is 2. The fourth-order valence-corrected chi connectivity index (χ4v) is 3.44. The first-order chi connectivity index (χ1) is 16.9. The van der Waals surface area contributed by atoms with E-state index in [-0.39, 0.29) is 17.9 Å². The maximum atomic E-state index is 12.6. The molecule has 9 heteroatoms. The highest BCUT2D eigenvalue weighted by Gasteiger charge is 2.21. The quantitative estimate of drug-likeness (QED) is 0.233. The SMILES string of the molecule is C[C@H](NC(=O)c1cccc([N+](=O)[O-])c1)C(=O)OCc1cn(-c2ccccc2)nc1-c1ccccc1. The van der Waals surface area contributed by atoms with E-state index < -0.39 is 22.8 Å². The molecule has 1 atom stereocenters. The van der Waals surface area contributed by atoms with Crippen LogP contribution >= 0.6 is 0 Å². The average Bonchev–Trinajstić information content (AvgIpc) is 3.32. The Morgan fingerprint density at radius 2 is 1.71 bits per heavy atom. The van der Waals surface area contributed by atoms with Crippen LogP contribution < -0.4 is 5.32 Å². The number of ether oxygens (including phenoxy) is 1. The second-order valence-electron chi connectivity index (χ2n) is 7.76. The van der Waals surface area contributed by atoms with Gasteiger partial charge in [-0.15, -0.1) is 0 Å². The van der Waals surface area contributed by atoms with Crippen molar-refractivity contribution in [3.05, 3.63) is 112 Å². The molecular weight excluding hydrogens is 448 g/mol. The predicted octanol–water partition coefficient (Wildman–Crippen LogP) is 4.31. The van der Waals surface area contributed by atoms with E-state index in [9.17, 15) is 19.7 Å². The third kappa shape index (κ3) is 5.59. The third-order valence-electron chi connectivity index (χ3n) is 5.25. The van der Waals surface area contributed by atoms with Gasteiger partial charge in [-0.25, -0.2) is 9.48 Å². The molecule has 1 aromatic heterocycles. The van der Waals surface area contributed by atoms with E-state index in [0.29, 0.717) is 11.3 Å². The molecule has 0 aliphatic carbocycles. The molecule has 0 spiro atoms. The highest BCUT2D eigenvalue weighted by molar-refractivity contribution is 5.97. The zero-order chi connectivity index (χ0) is 24.8. The van der Waals surface area contributed by atoms with Crippen LogP contribution in [0.4, 0.5) is 5.69 Å². The summed E-state index contributed by atoms with van der Waals surface area (Å²) < 4.78 is 7.21. The summed E-state index contributed by atoms with van der Waals surface area (Å²) >= 11 is 0. The second kappa shape index (κ2) is 10.4. The molecule has 0 unspecified atom stereocenters. The number of hydrogen-bond acceptors (Lipinski definition) is 6. The van der Waals surface area contributed by atoms with Gasteiger partial charge in [0, 0.05) is 35.0 Å². The lowest BCUT2D eigenvalue weighted by atomic mass is 10.1. The van der Waals surface area contributed by atoms with Crippen LogP contribution in [-0.4, -0.2) is 32.6 Å². The average molecular weight is 470 g/mol. The smallest absolute Gasteiger partial charge is 0.328 e. The summed E-state index contributed by atoms with van der Waals surface area (Å²) in [5.74, 6) is -1.25. The van der Waals surface area contributed by atoms with Crippen molar-refractivity contribution in [2.24, 2.45) is 0 Å². The Bertz CT molecular complexity index is 1350. The zero-order valence-corrected chi connectivity index (χ0v) is 18.8. The lowest BCUT2D eigenvalue weighted by molar-refractivity contribution is -0.384. The Hall–Kier alpha value is -4.79. The van der Waals surface area contributed by atoms with E-state index in [1.54, 1.807) is 10.9 Å². The van der Waals surface area contributed by atoms with E-state index >= 15 is 0 Å². The molecule has 0 fully saturated rings. The first-order valence-electron chi connectivity index (χ1n) is 10.8. The molecule has 0 saturated carbocycles. The highest BCUT2D eigenvalue weighted by atomic mass is 16.6. The van der Waals surface area contributed by atoms with Crippen LogP contribution in [0.3, 0.4) is 0 Å². The Morgan fingerprint density at radius 3 is 2.40 bits per heavy atom. The molecule has 176 valence electrons. The summed E-state index contributed by atoms with van der Waals surface area (Å²) in [6, 6.07) is 23.4. The minimum atomic E-state index is -0.967. The van der Waals surface area contributed by atoms with Crippen LogP contribution in [0.5, 0.6) is 0 Å². The monoisotopic (exact) mass is 470 g/mol. The number of nitrogens with one attached hydrogen (secondary N) is 1. The summed E-state index contributed by atoms with van der Waals surface area (Å²) in [4.78, 5) is 35.4. The van der Waals surface area contributed by atoms with Gasteiger partial charge in [0.2, 0.25) is 0 Å². The van der Waals surface area contributed by atoms with Gasteiger partial charge in [0.05, 0.1) is 16.3 Å². The molecule has 4 rings (SSSR count). The first-order valence-corrected chi connectivity index (χ1v) is 10.8. The van der Waals surface area contributed by atoms with Crippen molar-refractivity contribution in [2.45, 2.75) is 19.6 Å². The van der Waals surface area contributed by atoms with E-state index in [4.69, 9.17) is 4.74 Å². The number of nitro groups is 1. The first kappa shape index (κ1) is 23.4. The molecule has 1 amide bonds. The lowest BCUT2D eigenvalue weighted by Gasteiger charge is -2.13. The number of amides is 1. The fourth-order valence-electron chi connectivity index (χ4n) is 3.44. The van der Waals surface area contributed by atoms with Crippen LogP contribution in [0.25, 0.3) is 16.9 Å². The number of esters is 1. The standard InChI is InChI=1S/C26H22N4O5/c1-18(27-25(31)20-11-8-14-23(15-20)30(33)34)26(32)35-17-21-16-29(22-12-6-3-7-13-22)28-24(21)19-9-4-2-5-10-19/h2-16,18H,17H2,1H3,(H,27,31)/t18-/m0/s1. The predicted molar refractivity (Wildman–Crippen MR) is 129 cm³/mol. The number of non-ortho nitro benzene ring substituents is 1. The molecule has 0 bridgehead atoms. The minimum absolute atomic E-state index is 0.0487. The summed E-state index contributed by atoms with van der Waals surface area (Å²) in [5.41, 5.74) is 2.98. The second-order valence-corrected chi connectivity index (χ2v) is 7.76. The molecule has 0 saturated heterocycles. The Labute approximate surface area is 201 Å². The van der Waals surface area contributed by atoms with E-state index in [1.807, 2.05) is 60.7 Å². The number of rotatable bonds is 8. The van der Waals surface area contributed by atoms with Gasteiger partial charge in [-0.05, 0) is 25.1 Å². The number of hydrogen-bond donors (Lipinski definition) is 1. The Kier molecular flexibility index (Phi) is 6.96. The molecule has 4 aromatic rings. The van der Waals surface area contributed by atoms with Crippen molar-refractivity contribution in [3.8, 4) is 16.9 Å². The Balaban J connectivity index is 1.47. The van der Waals surface area contributed by atoms with Gasteiger partial charge >= 0.3 is 5.97 Å². The summed E-state index contributed by atoms with van der Waals surface area (Å²) in [6.07, 6.45) is 1.80. The maximum Gasteiger partial charge on any atom is 0.328 e. The topological polar surface area (TPSA) is 116 Å². The van der Waals surface area contributed by atoms with Crippen molar-refractivity contribution >= 4 is 17.6 Å². The van der Waals surface area contributed by atoms with Gasteiger partial charge < -0.3 is 10.1 Å². The van der Waals surface area contributed by atoms with Crippen LogP contribution in [0.1, 0.15) is 22.8 Å². The van der Waals surface area contributed by atoms with Crippen molar-refractivity contribution in [1.29, 1.82) is 0 Å². The summed E-state index contributed by atoms with van der Waals surface area (Å²) in [7, 11) is 0. The number of carbonyl (C=O) groups excluding carboxylic acids is 2. The maximum absolute atomic E-state index is 12.6. The van der Waals surface area contributed by atoms with Crippen LogP contribution in [0, 0.1) is 10.1 Å². The normalized spacial score (nSPS) is 11.5. The highest BCUT2D eigenvalue weighted by Crippen LogP contribution is 2.24. The molecule has 0 aliphatic heterocycles. The van der Waals surface area contributed by atoms with Crippen LogP contribution in [0.2, 0.25) is 0 Å². The zero-order valence-electron chi connectivity index (χ0n) is 18.8. The van der Waals surface area contributed by atoms with Crippen molar-refractivity contribution < 1.29 is 19.2 Å². The molecule has 9 nitrogen and oxygen atoms in total. The third-order valence-corrected chi connectivity index (χ3v) is 5.25. The largest absolute Gasteiger partial charge is 0.459 e. The van der Waals surface area contributed by atoms with Gasteiger partial charge in [-0.1, -0.05) is 54.6 Å². The van der Waals surface area contributed by atoms with E-state index in [2.05, 4.69) is 10.4 Å². The molecular formula is C26H22N4O5. The van der Waals surface area contributed by atoms with Crippen molar-refractivity contribution in [3.63, 3.8) is 0 Å². The Morgan fingerprint density at radius 1 is 1.03 bits per heavy atom. The van der Waals surface area contributed by atoms with Crippen molar-refractivity contribution in [2.75, 3.05) is 0 Å². The number of para-hydroxylation sites is 1. The molecule has 1 heterocycles. The van der Waals surface area contributed by atoms with Crippen LogP contribution in [-0.2, 0) is 16.1 Å². The number of aromatic nitrogens is 2. The van der Waals surface area contributed by atoms with Gasteiger partial charge in [0.25, 0.3) is 11.6 Å². The fraction of sp³-hybridized carbons (Fsp3) is 0.115. The van der Waals surface area contributed by atoms with Gasteiger partial charge in [0.15, 0.2) is 0 Å². The minimum Gasteiger partial charge on any atom is -0.459 e. The molecule has 1 N–H and O–H groups in total. The van der Waals surface area contributed by atoms with Crippen LogP contribution in [0.15, 0.2) is 91.1 Å². The number of nitro benzene ring substituents is 1. The van der Waals surface area contributed by atoms with Gasteiger partial charge in [-0.2, -0.15) is 5.10 Å². The van der Waals surface area contributed by atoms with E-state index in [1.165, 1.54) is 25.1 Å². The number of nitrogens with zero attached hydrogens (tertiary/aromatic N) is 3. The number of benzene rings is 3. The summed E-state index contributed by atoms with van der Waals surface area (Å²) in [5, 5.41) is 18.1. The lowest BCUT2D eigenvalue weighted by Crippen LogP contribution is -2.39. The van der Waals surface area contributed by atoms with E-state index in [0.717, 1.165) is 17.3 Å². The van der Waals surface area contributed by atoms with Gasteiger partial charge in [0.1, 0.15) is 12.6 Å². The van der Waals surface area contributed by atoms with Gasteiger partial charge in [-0.3, -0.25) is 14.9 Å².